The van der Waals surface area contributed by atoms with Crippen LogP contribution in [-0.2, 0) is 20.8 Å². The molecule has 0 aliphatic carbocycles. The van der Waals surface area contributed by atoms with Gasteiger partial charge in [0, 0.05) is 26.2 Å². The van der Waals surface area contributed by atoms with Crippen molar-refractivity contribution in [3.63, 3.8) is 0 Å². The topological polar surface area (TPSA) is 70.8 Å². The van der Waals surface area contributed by atoms with Crippen molar-refractivity contribution in [2.75, 3.05) is 27.4 Å². The van der Waals surface area contributed by atoms with E-state index in [9.17, 15) is 4.79 Å². The molecule has 1 aromatic rings. The van der Waals surface area contributed by atoms with E-state index in [4.69, 9.17) is 13.9 Å². The molecule has 1 saturated heterocycles. The number of rotatable bonds is 4. The van der Waals surface area contributed by atoms with Crippen molar-refractivity contribution in [1.82, 2.24) is 4.98 Å². The van der Waals surface area contributed by atoms with Gasteiger partial charge < -0.3 is 18.6 Å². The van der Waals surface area contributed by atoms with Gasteiger partial charge in [-0.1, -0.05) is 0 Å². The summed E-state index contributed by atoms with van der Waals surface area (Å²) in [7, 11) is 2.86. The number of carbonyl (C=O) groups excluding carboxylic acids is 1. The molecule has 0 unspecified atom stereocenters. The third-order valence-electron chi connectivity index (χ3n) is 2.94. The Bertz CT molecular complexity index is 409. The standard InChI is InChI=1S/C12H17NO5/c1-15-7-9-10(12(14)16-2)18-11(13-9)8-3-5-17-6-4-8/h8H,3-7H2,1-2H3. The lowest BCUT2D eigenvalue weighted by atomic mass is 10.0. The van der Waals surface area contributed by atoms with E-state index in [-0.39, 0.29) is 18.3 Å². The molecule has 1 aliphatic rings. The van der Waals surface area contributed by atoms with Crippen LogP contribution >= 0.6 is 0 Å². The first kappa shape index (κ1) is 13.0. The Labute approximate surface area is 105 Å². The maximum absolute atomic E-state index is 11.6. The molecule has 18 heavy (non-hydrogen) atoms. The Kier molecular flexibility index (Phi) is 4.33. The highest BCUT2D eigenvalue weighted by Gasteiger charge is 2.26. The zero-order chi connectivity index (χ0) is 13.0. The summed E-state index contributed by atoms with van der Waals surface area (Å²) in [6, 6.07) is 0. The first-order valence-corrected chi connectivity index (χ1v) is 5.90. The van der Waals surface area contributed by atoms with E-state index in [2.05, 4.69) is 9.72 Å². The molecule has 0 saturated carbocycles. The molecule has 1 aromatic heterocycles. The van der Waals surface area contributed by atoms with Gasteiger partial charge in [-0.05, 0) is 12.8 Å². The average molecular weight is 255 g/mol. The average Bonchev–Trinajstić information content (AvgIpc) is 2.83. The Morgan fingerprint density at radius 1 is 1.39 bits per heavy atom. The molecular weight excluding hydrogens is 238 g/mol. The van der Waals surface area contributed by atoms with Crippen molar-refractivity contribution >= 4 is 5.97 Å². The van der Waals surface area contributed by atoms with Gasteiger partial charge in [-0.2, -0.15) is 0 Å². The SMILES string of the molecule is COCc1nc(C2CCOCC2)oc1C(=O)OC. The van der Waals surface area contributed by atoms with Gasteiger partial charge in [0.1, 0.15) is 5.69 Å². The fraction of sp³-hybridized carbons (Fsp3) is 0.667. The molecule has 100 valence electrons. The van der Waals surface area contributed by atoms with Crippen LogP contribution in [0.4, 0.5) is 0 Å². The zero-order valence-electron chi connectivity index (χ0n) is 10.6. The quantitative estimate of drug-likeness (QED) is 0.759. The Hall–Kier alpha value is -1.40. The molecule has 2 rings (SSSR count). The van der Waals surface area contributed by atoms with E-state index < -0.39 is 5.97 Å². The lowest BCUT2D eigenvalue weighted by Crippen LogP contribution is -2.14. The summed E-state index contributed by atoms with van der Waals surface area (Å²) in [5, 5.41) is 0. The predicted molar refractivity (Wildman–Crippen MR) is 61.3 cm³/mol. The van der Waals surface area contributed by atoms with Crippen molar-refractivity contribution in [2.45, 2.75) is 25.4 Å². The van der Waals surface area contributed by atoms with Crippen LogP contribution in [0.3, 0.4) is 0 Å². The maximum Gasteiger partial charge on any atom is 0.376 e. The summed E-state index contributed by atoms with van der Waals surface area (Å²) in [4.78, 5) is 15.9. The molecule has 1 aliphatic heterocycles. The minimum Gasteiger partial charge on any atom is -0.463 e. The summed E-state index contributed by atoms with van der Waals surface area (Å²) in [6.07, 6.45) is 1.71. The summed E-state index contributed by atoms with van der Waals surface area (Å²) in [5.74, 6) is 0.396. The second-order valence-electron chi connectivity index (χ2n) is 4.14. The number of oxazole rings is 1. The van der Waals surface area contributed by atoms with Crippen LogP contribution in [0, 0.1) is 0 Å². The lowest BCUT2D eigenvalue weighted by Gasteiger charge is -2.18. The number of esters is 1. The van der Waals surface area contributed by atoms with Gasteiger partial charge in [0.05, 0.1) is 13.7 Å². The Balaban J connectivity index is 2.23. The van der Waals surface area contributed by atoms with E-state index in [0.29, 0.717) is 24.8 Å². The minimum atomic E-state index is -0.521. The van der Waals surface area contributed by atoms with Crippen LogP contribution in [0.15, 0.2) is 4.42 Å². The van der Waals surface area contributed by atoms with Gasteiger partial charge in [0.25, 0.3) is 0 Å². The third-order valence-corrected chi connectivity index (χ3v) is 2.94. The number of carbonyl (C=O) groups is 1. The van der Waals surface area contributed by atoms with Crippen molar-refractivity contribution in [3.05, 3.63) is 17.3 Å². The molecule has 0 radical (unpaired) electrons. The van der Waals surface area contributed by atoms with Gasteiger partial charge in [0.15, 0.2) is 5.89 Å². The summed E-state index contributed by atoms with van der Waals surface area (Å²) in [6.45, 7) is 1.62. The molecule has 0 amide bonds. The fourth-order valence-electron chi connectivity index (χ4n) is 1.98. The number of aromatic nitrogens is 1. The fourth-order valence-corrected chi connectivity index (χ4v) is 1.98. The highest BCUT2D eigenvalue weighted by atomic mass is 16.5. The normalized spacial score (nSPS) is 16.8. The van der Waals surface area contributed by atoms with Crippen LogP contribution in [0.1, 0.15) is 40.9 Å². The maximum atomic E-state index is 11.6. The number of hydrogen-bond donors (Lipinski definition) is 0. The van der Waals surface area contributed by atoms with E-state index in [1.54, 1.807) is 7.11 Å². The summed E-state index contributed by atoms with van der Waals surface area (Å²) < 4.78 is 20.5. The van der Waals surface area contributed by atoms with Gasteiger partial charge in [-0.3, -0.25) is 0 Å². The van der Waals surface area contributed by atoms with Crippen molar-refractivity contribution in [2.24, 2.45) is 0 Å². The summed E-state index contributed by atoms with van der Waals surface area (Å²) >= 11 is 0. The van der Waals surface area contributed by atoms with Crippen molar-refractivity contribution < 1.29 is 23.4 Å². The second-order valence-corrected chi connectivity index (χ2v) is 4.14. The molecule has 0 atom stereocenters. The third kappa shape index (κ3) is 2.70. The van der Waals surface area contributed by atoms with Crippen molar-refractivity contribution in [1.29, 1.82) is 0 Å². The van der Waals surface area contributed by atoms with E-state index in [0.717, 1.165) is 12.8 Å². The van der Waals surface area contributed by atoms with Crippen LogP contribution in [0.25, 0.3) is 0 Å². The van der Waals surface area contributed by atoms with Crippen LogP contribution in [0.5, 0.6) is 0 Å². The first-order valence-electron chi connectivity index (χ1n) is 5.90. The number of methoxy groups -OCH3 is 2. The van der Waals surface area contributed by atoms with Gasteiger partial charge in [0.2, 0.25) is 5.76 Å². The largest absolute Gasteiger partial charge is 0.463 e. The number of hydrogen-bond acceptors (Lipinski definition) is 6. The van der Waals surface area contributed by atoms with Crippen molar-refractivity contribution in [3.8, 4) is 0 Å². The molecule has 0 N–H and O–H groups in total. The van der Waals surface area contributed by atoms with Gasteiger partial charge >= 0.3 is 5.97 Å². The second kappa shape index (κ2) is 5.97. The summed E-state index contributed by atoms with van der Waals surface area (Å²) in [5.41, 5.74) is 0.492. The van der Waals surface area contributed by atoms with Crippen LogP contribution < -0.4 is 0 Å². The highest BCUT2D eigenvalue weighted by molar-refractivity contribution is 5.87. The molecule has 2 heterocycles. The van der Waals surface area contributed by atoms with E-state index in [1.165, 1.54) is 7.11 Å². The number of nitrogens with zero attached hydrogens (tertiary/aromatic N) is 1. The van der Waals surface area contributed by atoms with E-state index in [1.807, 2.05) is 0 Å². The first-order chi connectivity index (χ1) is 8.76. The molecule has 0 spiro atoms. The van der Waals surface area contributed by atoms with Crippen LogP contribution in [-0.4, -0.2) is 38.4 Å². The van der Waals surface area contributed by atoms with Crippen LogP contribution in [0.2, 0.25) is 0 Å². The smallest absolute Gasteiger partial charge is 0.376 e. The molecule has 6 heteroatoms. The highest BCUT2D eigenvalue weighted by Crippen LogP contribution is 2.28. The zero-order valence-corrected chi connectivity index (χ0v) is 10.6. The monoisotopic (exact) mass is 255 g/mol. The molecular formula is C12H17NO5. The lowest BCUT2D eigenvalue weighted by molar-refractivity contribution is 0.0548. The van der Waals surface area contributed by atoms with Gasteiger partial charge in [-0.25, -0.2) is 9.78 Å². The molecule has 1 fully saturated rings. The van der Waals surface area contributed by atoms with Gasteiger partial charge in [-0.15, -0.1) is 0 Å². The Morgan fingerprint density at radius 2 is 2.11 bits per heavy atom. The van der Waals surface area contributed by atoms with E-state index >= 15 is 0 Å². The number of ether oxygens (including phenoxy) is 3. The predicted octanol–water partition coefficient (Wildman–Crippen LogP) is 1.50. The Morgan fingerprint density at radius 3 is 2.72 bits per heavy atom. The molecule has 0 bridgehead atoms. The molecule has 0 aromatic carbocycles. The molecule has 6 nitrogen and oxygen atoms in total. The minimum absolute atomic E-state index is 0.140.